The predicted octanol–water partition coefficient (Wildman–Crippen LogP) is 1.27. The molecule has 1 aliphatic rings. The third kappa shape index (κ3) is 2.78. The number of carbonyl (C=O) groups is 1. The van der Waals surface area contributed by atoms with Gasteiger partial charge in [0, 0.05) is 13.1 Å². The van der Waals surface area contributed by atoms with Crippen molar-refractivity contribution >= 4 is 5.91 Å². The third-order valence-electron chi connectivity index (χ3n) is 3.63. The molecule has 1 amide bonds. The Morgan fingerprint density at radius 3 is 2.85 bits per heavy atom. The summed E-state index contributed by atoms with van der Waals surface area (Å²) in [6.07, 6.45) is -0.110. The smallest absolute Gasteiger partial charge is 0.258 e. The lowest BCUT2D eigenvalue weighted by atomic mass is 9.99. The SMILES string of the molecule is COc1ccccc1C(=O)N1CC(CN)OCC1(C)C. The molecule has 0 aromatic heterocycles. The standard InChI is InChI=1S/C15H22N2O3/c1-15(2)10-20-11(8-16)9-17(15)14(18)12-6-4-5-7-13(12)19-3/h4-7,11H,8-10,16H2,1-3H3. The van der Waals surface area contributed by atoms with Gasteiger partial charge in [0.15, 0.2) is 0 Å². The summed E-state index contributed by atoms with van der Waals surface area (Å²) in [7, 11) is 1.57. The molecule has 2 rings (SSSR count). The summed E-state index contributed by atoms with van der Waals surface area (Å²) in [5.41, 5.74) is 5.87. The molecule has 2 N–H and O–H groups in total. The van der Waals surface area contributed by atoms with Gasteiger partial charge in [-0.25, -0.2) is 0 Å². The molecule has 0 spiro atoms. The molecule has 1 aliphatic heterocycles. The van der Waals surface area contributed by atoms with Crippen molar-refractivity contribution in [2.24, 2.45) is 5.73 Å². The van der Waals surface area contributed by atoms with E-state index in [1.54, 1.807) is 19.2 Å². The van der Waals surface area contributed by atoms with Gasteiger partial charge in [-0.2, -0.15) is 0 Å². The fourth-order valence-electron chi connectivity index (χ4n) is 2.37. The fraction of sp³-hybridized carbons (Fsp3) is 0.533. The van der Waals surface area contributed by atoms with E-state index in [1.807, 2.05) is 30.9 Å². The average molecular weight is 278 g/mol. The quantitative estimate of drug-likeness (QED) is 0.904. The minimum atomic E-state index is -0.358. The van der Waals surface area contributed by atoms with Crippen LogP contribution in [0.4, 0.5) is 0 Å². The van der Waals surface area contributed by atoms with Crippen LogP contribution < -0.4 is 10.5 Å². The van der Waals surface area contributed by atoms with E-state index < -0.39 is 0 Å². The second-order valence-electron chi connectivity index (χ2n) is 5.60. The number of nitrogens with two attached hydrogens (primary N) is 1. The van der Waals surface area contributed by atoms with E-state index in [9.17, 15) is 4.79 Å². The largest absolute Gasteiger partial charge is 0.496 e. The van der Waals surface area contributed by atoms with E-state index in [0.717, 1.165) is 0 Å². The Morgan fingerprint density at radius 1 is 1.50 bits per heavy atom. The van der Waals surface area contributed by atoms with E-state index in [-0.39, 0.29) is 17.6 Å². The number of morpholine rings is 1. The van der Waals surface area contributed by atoms with Crippen LogP contribution in [0.1, 0.15) is 24.2 Å². The maximum atomic E-state index is 12.8. The Balaban J connectivity index is 2.30. The Morgan fingerprint density at radius 2 is 2.20 bits per heavy atom. The molecule has 1 atom stereocenters. The molecule has 5 nitrogen and oxygen atoms in total. The van der Waals surface area contributed by atoms with Gasteiger partial charge in [0.25, 0.3) is 5.91 Å². The first kappa shape index (κ1) is 14.8. The van der Waals surface area contributed by atoms with Gasteiger partial charge >= 0.3 is 0 Å². The molecule has 1 saturated heterocycles. The van der Waals surface area contributed by atoms with E-state index >= 15 is 0 Å². The molecule has 0 bridgehead atoms. The van der Waals surface area contributed by atoms with Crippen molar-refractivity contribution in [2.75, 3.05) is 26.8 Å². The third-order valence-corrected chi connectivity index (χ3v) is 3.63. The van der Waals surface area contributed by atoms with Crippen molar-refractivity contribution in [1.29, 1.82) is 0 Å². The Kier molecular flexibility index (Phi) is 4.30. The number of methoxy groups -OCH3 is 1. The van der Waals surface area contributed by atoms with E-state index in [0.29, 0.717) is 31.0 Å². The van der Waals surface area contributed by atoms with Gasteiger partial charge in [0.05, 0.1) is 30.9 Å². The van der Waals surface area contributed by atoms with Gasteiger partial charge in [-0.1, -0.05) is 12.1 Å². The molecule has 110 valence electrons. The first-order valence-corrected chi connectivity index (χ1v) is 6.76. The highest BCUT2D eigenvalue weighted by molar-refractivity contribution is 5.97. The lowest BCUT2D eigenvalue weighted by Crippen LogP contribution is -2.59. The van der Waals surface area contributed by atoms with Crippen molar-refractivity contribution in [1.82, 2.24) is 4.90 Å². The lowest BCUT2D eigenvalue weighted by Gasteiger charge is -2.45. The molecule has 0 saturated carbocycles. The predicted molar refractivity (Wildman–Crippen MR) is 76.9 cm³/mol. The van der Waals surface area contributed by atoms with Gasteiger partial charge in [-0.15, -0.1) is 0 Å². The molecule has 5 heteroatoms. The monoisotopic (exact) mass is 278 g/mol. The maximum Gasteiger partial charge on any atom is 0.258 e. The van der Waals surface area contributed by atoms with E-state index in [2.05, 4.69) is 0 Å². The summed E-state index contributed by atoms with van der Waals surface area (Å²) in [6, 6.07) is 7.26. The van der Waals surface area contributed by atoms with Crippen LogP contribution in [0.15, 0.2) is 24.3 Å². The van der Waals surface area contributed by atoms with Crippen molar-refractivity contribution in [3.63, 3.8) is 0 Å². The average Bonchev–Trinajstić information content (AvgIpc) is 2.46. The first-order chi connectivity index (χ1) is 9.49. The zero-order valence-electron chi connectivity index (χ0n) is 12.3. The second-order valence-corrected chi connectivity index (χ2v) is 5.60. The highest BCUT2D eigenvalue weighted by Crippen LogP contribution is 2.27. The van der Waals surface area contributed by atoms with E-state index in [1.165, 1.54) is 0 Å². The molecule has 1 aromatic carbocycles. The fourth-order valence-corrected chi connectivity index (χ4v) is 2.37. The molecule has 0 radical (unpaired) electrons. The van der Waals surface area contributed by atoms with Crippen LogP contribution in [-0.2, 0) is 4.74 Å². The number of benzene rings is 1. The normalized spacial score (nSPS) is 21.6. The van der Waals surface area contributed by atoms with Gasteiger partial charge in [0.1, 0.15) is 5.75 Å². The number of nitrogens with zero attached hydrogens (tertiary/aromatic N) is 1. The van der Waals surface area contributed by atoms with Crippen LogP contribution in [0.5, 0.6) is 5.75 Å². The van der Waals surface area contributed by atoms with E-state index in [4.69, 9.17) is 15.2 Å². The molecular weight excluding hydrogens is 256 g/mol. The summed E-state index contributed by atoms with van der Waals surface area (Å²) in [5, 5.41) is 0. The second kappa shape index (κ2) is 5.81. The van der Waals surface area contributed by atoms with Gasteiger partial charge in [-0.3, -0.25) is 4.79 Å². The van der Waals surface area contributed by atoms with Crippen LogP contribution in [0.3, 0.4) is 0 Å². The first-order valence-electron chi connectivity index (χ1n) is 6.76. The zero-order valence-corrected chi connectivity index (χ0v) is 12.3. The van der Waals surface area contributed by atoms with Crippen LogP contribution in [0.2, 0.25) is 0 Å². The molecule has 1 unspecified atom stereocenters. The van der Waals surface area contributed by atoms with Gasteiger partial charge in [0.2, 0.25) is 0 Å². The molecular formula is C15H22N2O3. The lowest BCUT2D eigenvalue weighted by molar-refractivity contribution is -0.0789. The number of carbonyl (C=O) groups excluding carboxylic acids is 1. The van der Waals surface area contributed by atoms with Crippen LogP contribution in [-0.4, -0.2) is 49.3 Å². The summed E-state index contributed by atoms with van der Waals surface area (Å²) < 4.78 is 10.9. The summed E-state index contributed by atoms with van der Waals surface area (Å²) in [6.45, 7) is 5.38. The Hall–Kier alpha value is -1.59. The van der Waals surface area contributed by atoms with Crippen LogP contribution in [0, 0.1) is 0 Å². The summed E-state index contributed by atoms with van der Waals surface area (Å²) >= 11 is 0. The van der Waals surface area contributed by atoms with Crippen molar-refractivity contribution in [3.8, 4) is 5.75 Å². The zero-order chi connectivity index (χ0) is 14.8. The Bertz CT molecular complexity index is 488. The number of hydrogen-bond acceptors (Lipinski definition) is 4. The number of para-hydroxylation sites is 1. The molecule has 0 aliphatic carbocycles. The highest BCUT2D eigenvalue weighted by atomic mass is 16.5. The summed E-state index contributed by atoms with van der Waals surface area (Å²) in [5.74, 6) is 0.540. The number of amides is 1. The molecule has 1 fully saturated rings. The van der Waals surface area contributed by atoms with Crippen LogP contribution >= 0.6 is 0 Å². The number of rotatable bonds is 3. The van der Waals surface area contributed by atoms with Gasteiger partial charge < -0.3 is 20.1 Å². The summed E-state index contributed by atoms with van der Waals surface area (Å²) in [4.78, 5) is 14.6. The highest BCUT2D eigenvalue weighted by Gasteiger charge is 2.38. The minimum Gasteiger partial charge on any atom is -0.496 e. The number of hydrogen-bond donors (Lipinski definition) is 1. The molecule has 1 aromatic rings. The van der Waals surface area contributed by atoms with Crippen molar-refractivity contribution in [3.05, 3.63) is 29.8 Å². The number of ether oxygens (including phenoxy) is 2. The minimum absolute atomic E-state index is 0.0470. The van der Waals surface area contributed by atoms with Crippen molar-refractivity contribution in [2.45, 2.75) is 25.5 Å². The Labute approximate surface area is 119 Å². The molecule has 20 heavy (non-hydrogen) atoms. The van der Waals surface area contributed by atoms with Crippen molar-refractivity contribution < 1.29 is 14.3 Å². The van der Waals surface area contributed by atoms with Crippen LogP contribution in [0.25, 0.3) is 0 Å². The van der Waals surface area contributed by atoms with Gasteiger partial charge in [-0.05, 0) is 26.0 Å². The molecule has 1 heterocycles. The maximum absolute atomic E-state index is 12.8. The topological polar surface area (TPSA) is 64.8 Å².